The maximum absolute atomic E-state index is 11.7. The van der Waals surface area contributed by atoms with Gasteiger partial charge in [-0.3, -0.25) is 4.79 Å². The molecule has 0 saturated heterocycles. The molecule has 0 aliphatic carbocycles. The lowest BCUT2D eigenvalue weighted by molar-refractivity contribution is -0.122. The van der Waals surface area contributed by atoms with E-state index in [1.807, 2.05) is 30.5 Å². The van der Waals surface area contributed by atoms with Gasteiger partial charge in [0.15, 0.2) is 0 Å². The zero-order valence-electron chi connectivity index (χ0n) is 11.2. The van der Waals surface area contributed by atoms with Gasteiger partial charge in [0, 0.05) is 12.1 Å². The van der Waals surface area contributed by atoms with Gasteiger partial charge in [-0.05, 0) is 24.5 Å². The van der Waals surface area contributed by atoms with Crippen molar-refractivity contribution >= 4 is 30.1 Å². The number of carbonyl (C=O) groups is 1. The summed E-state index contributed by atoms with van der Waals surface area (Å²) in [7, 11) is 1.62. The highest BCUT2D eigenvalue weighted by Gasteiger charge is 2.12. The molecule has 108 valence electrons. The molecule has 0 saturated carbocycles. The van der Waals surface area contributed by atoms with Crippen LogP contribution in [-0.2, 0) is 11.3 Å². The fraction of sp³-hybridized carbons (Fsp3) is 0.462. The van der Waals surface area contributed by atoms with Gasteiger partial charge in [-0.2, -0.15) is 11.8 Å². The summed E-state index contributed by atoms with van der Waals surface area (Å²) in [5, 5.41) is 2.83. The van der Waals surface area contributed by atoms with Crippen molar-refractivity contribution in [2.75, 3.05) is 19.1 Å². The predicted octanol–water partition coefficient (Wildman–Crippen LogP) is 1.81. The van der Waals surface area contributed by atoms with Crippen LogP contribution < -0.4 is 15.8 Å². The van der Waals surface area contributed by atoms with Crippen LogP contribution in [0.2, 0.25) is 0 Å². The molecule has 1 aromatic rings. The summed E-state index contributed by atoms with van der Waals surface area (Å²) in [5.74, 6) is 1.55. The maximum atomic E-state index is 11.7. The van der Waals surface area contributed by atoms with Crippen LogP contribution in [0.4, 0.5) is 0 Å². The van der Waals surface area contributed by atoms with Crippen molar-refractivity contribution in [3.63, 3.8) is 0 Å². The lowest BCUT2D eigenvalue weighted by atomic mass is 10.2. The molecule has 6 heteroatoms. The Kier molecular flexibility index (Phi) is 9.47. The van der Waals surface area contributed by atoms with Gasteiger partial charge in [-0.1, -0.05) is 18.2 Å². The predicted molar refractivity (Wildman–Crippen MR) is 83.1 cm³/mol. The summed E-state index contributed by atoms with van der Waals surface area (Å²) in [5.41, 5.74) is 6.73. The molecule has 0 bridgehead atoms. The summed E-state index contributed by atoms with van der Waals surface area (Å²) in [6, 6.07) is 7.17. The Hall–Kier alpha value is -0.910. The number of nitrogens with two attached hydrogens (primary N) is 1. The largest absolute Gasteiger partial charge is 0.496 e. The number of halogens is 1. The Morgan fingerprint density at radius 2 is 2.16 bits per heavy atom. The number of amides is 1. The number of methoxy groups -OCH3 is 1. The number of ether oxygens (including phenoxy) is 1. The highest BCUT2D eigenvalue weighted by molar-refractivity contribution is 7.98. The Morgan fingerprint density at radius 1 is 1.47 bits per heavy atom. The van der Waals surface area contributed by atoms with Crippen LogP contribution in [0.1, 0.15) is 12.0 Å². The minimum absolute atomic E-state index is 0. The van der Waals surface area contributed by atoms with Gasteiger partial charge in [0.05, 0.1) is 13.2 Å². The molecule has 4 nitrogen and oxygen atoms in total. The van der Waals surface area contributed by atoms with E-state index in [0.717, 1.165) is 17.1 Å². The molecular weight excluding hydrogens is 284 g/mol. The van der Waals surface area contributed by atoms with Crippen molar-refractivity contribution in [2.24, 2.45) is 5.73 Å². The van der Waals surface area contributed by atoms with Crippen LogP contribution in [0.15, 0.2) is 24.3 Å². The standard InChI is InChI=1S/C13H20N2O2S.ClH/c1-17-12-6-4-3-5-10(12)9-15-13(16)11(14)7-8-18-2;/h3-6,11H,7-9,14H2,1-2H3,(H,15,16);1H. The van der Waals surface area contributed by atoms with Crippen molar-refractivity contribution in [3.05, 3.63) is 29.8 Å². The molecule has 3 N–H and O–H groups in total. The smallest absolute Gasteiger partial charge is 0.237 e. The molecule has 1 amide bonds. The summed E-state index contributed by atoms with van der Waals surface area (Å²) in [6.07, 6.45) is 2.69. The van der Waals surface area contributed by atoms with Crippen LogP contribution in [-0.4, -0.2) is 31.1 Å². The fourth-order valence-electron chi connectivity index (χ4n) is 1.54. The van der Waals surface area contributed by atoms with E-state index in [2.05, 4.69) is 5.32 Å². The van der Waals surface area contributed by atoms with E-state index in [-0.39, 0.29) is 18.3 Å². The molecule has 0 aliphatic rings. The van der Waals surface area contributed by atoms with Crippen LogP contribution >= 0.6 is 24.2 Å². The molecular formula is C13H21ClN2O2S. The Labute approximate surface area is 124 Å². The van der Waals surface area contributed by atoms with Gasteiger partial charge >= 0.3 is 0 Å². The Morgan fingerprint density at radius 3 is 2.79 bits per heavy atom. The molecule has 1 rings (SSSR count). The van der Waals surface area contributed by atoms with Gasteiger partial charge in [-0.15, -0.1) is 12.4 Å². The monoisotopic (exact) mass is 304 g/mol. The minimum atomic E-state index is -0.438. The van der Waals surface area contributed by atoms with Crippen molar-refractivity contribution in [2.45, 2.75) is 19.0 Å². The topological polar surface area (TPSA) is 64.3 Å². The van der Waals surface area contributed by atoms with Crippen molar-refractivity contribution in [1.82, 2.24) is 5.32 Å². The summed E-state index contributed by atoms with van der Waals surface area (Å²) < 4.78 is 5.22. The van der Waals surface area contributed by atoms with Crippen LogP contribution in [0.3, 0.4) is 0 Å². The van der Waals surface area contributed by atoms with E-state index < -0.39 is 6.04 Å². The molecule has 1 aromatic carbocycles. The molecule has 0 fully saturated rings. The summed E-state index contributed by atoms with van der Waals surface area (Å²) in [4.78, 5) is 11.7. The first-order valence-electron chi connectivity index (χ1n) is 5.83. The van der Waals surface area contributed by atoms with Gasteiger partial charge in [-0.25, -0.2) is 0 Å². The van der Waals surface area contributed by atoms with Gasteiger partial charge in [0.2, 0.25) is 5.91 Å². The highest BCUT2D eigenvalue weighted by atomic mass is 35.5. The third-order valence-electron chi connectivity index (χ3n) is 2.62. The number of thioether (sulfide) groups is 1. The van der Waals surface area contributed by atoms with Crippen LogP contribution in [0.5, 0.6) is 5.75 Å². The van der Waals surface area contributed by atoms with E-state index >= 15 is 0 Å². The summed E-state index contributed by atoms with van der Waals surface area (Å²) in [6.45, 7) is 0.440. The number of hydrogen-bond acceptors (Lipinski definition) is 4. The first kappa shape index (κ1) is 18.1. The third-order valence-corrected chi connectivity index (χ3v) is 3.26. The van der Waals surface area contributed by atoms with E-state index in [0.29, 0.717) is 13.0 Å². The van der Waals surface area contributed by atoms with E-state index in [1.165, 1.54) is 0 Å². The first-order valence-corrected chi connectivity index (χ1v) is 7.22. The molecule has 0 aromatic heterocycles. The number of hydrogen-bond donors (Lipinski definition) is 2. The maximum Gasteiger partial charge on any atom is 0.237 e. The van der Waals surface area contributed by atoms with Gasteiger partial charge < -0.3 is 15.8 Å². The normalized spacial score (nSPS) is 11.3. The highest BCUT2D eigenvalue weighted by Crippen LogP contribution is 2.16. The molecule has 1 atom stereocenters. The van der Waals surface area contributed by atoms with Crippen molar-refractivity contribution < 1.29 is 9.53 Å². The average Bonchev–Trinajstić information content (AvgIpc) is 2.42. The number of rotatable bonds is 7. The van der Waals surface area contributed by atoms with E-state index in [9.17, 15) is 4.79 Å². The molecule has 0 heterocycles. The SMILES string of the molecule is COc1ccccc1CNC(=O)C(N)CCSC.Cl. The molecule has 0 aliphatic heterocycles. The second kappa shape index (κ2) is 9.95. The Balaban J connectivity index is 0.00000324. The van der Waals surface area contributed by atoms with E-state index in [4.69, 9.17) is 10.5 Å². The zero-order chi connectivity index (χ0) is 13.4. The first-order chi connectivity index (χ1) is 8.69. The average molecular weight is 305 g/mol. The third kappa shape index (κ3) is 6.18. The zero-order valence-corrected chi connectivity index (χ0v) is 12.9. The Bertz CT molecular complexity index is 391. The van der Waals surface area contributed by atoms with E-state index in [1.54, 1.807) is 18.9 Å². The lowest BCUT2D eigenvalue weighted by Crippen LogP contribution is -2.40. The molecule has 0 spiro atoms. The van der Waals surface area contributed by atoms with Gasteiger partial charge in [0.25, 0.3) is 0 Å². The van der Waals surface area contributed by atoms with Gasteiger partial charge in [0.1, 0.15) is 5.75 Å². The van der Waals surface area contributed by atoms with Crippen LogP contribution in [0, 0.1) is 0 Å². The lowest BCUT2D eigenvalue weighted by Gasteiger charge is -2.13. The quantitative estimate of drug-likeness (QED) is 0.806. The summed E-state index contributed by atoms with van der Waals surface area (Å²) >= 11 is 1.69. The number of para-hydroxylation sites is 1. The second-order valence-electron chi connectivity index (χ2n) is 3.92. The number of nitrogens with one attached hydrogen (secondary N) is 1. The molecule has 1 unspecified atom stereocenters. The number of benzene rings is 1. The van der Waals surface area contributed by atoms with Crippen molar-refractivity contribution in [1.29, 1.82) is 0 Å². The minimum Gasteiger partial charge on any atom is -0.496 e. The van der Waals surface area contributed by atoms with Crippen LogP contribution in [0.25, 0.3) is 0 Å². The van der Waals surface area contributed by atoms with Crippen molar-refractivity contribution in [3.8, 4) is 5.75 Å². The molecule has 19 heavy (non-hydrogen) atoms. The second-order valence-corrected chi connectivity index (χ2v) is 4.90. The number of carbonyl (C=O) groups excluding carboxylic acids is 1. The fourth-order valence-corrected chi connectivity index (χ4v) is 2.03. The molecule has 0 radical (unpaired) electrons.